The Bertz CT molecular complexity index is 756. The molecule has 0 bridgehead atoms. The molecule has 0 atom stereocenters. The van der Waals surface area contributed by atoms with E-state index in [0.717, 1.165) is 69.4 Å². The van der Waals surface area contributed by atoms with E-state index >= 15 is 0 Å². The molecule has 3 aliphatic heterocycles. The Morgan fingerprint density at radius 1 is 1.17 bits per heavy atom. The quantitative estimate of drug-likeness (QED) is 0.801. The maximum atomic E-state index is 11.3. The molecule has 160 valence electrons. The van der Waals surface area contributed by atoms with Crippen LogP contribution in [0.25, 0.3) is 0 Å². The number of hydrogen-bond donors (Lipinski definition) is 1. The standard InChI is InChI=1S/C22H32ClN3O3/c1-21(2)15-22(6-8-25(9-7-22)20(27)28)16-26(21)14-17-4-3-5-18(19(17)23)24-10-12-29-13-11-24/h3-5H,6-16H2,1-2H3,(H,27,28). The number of anilines is 1. The van der Waals surface area contributed by atoms with E-state index in [1.165, 1.54) is 5.56 Å². The first-order valence-electron chi connectivity index (χ1n) is 10.6. The number of carboxylic acid groups (broad SMARTS) is 1. The second-order valence-electron chi connectivity index (χ2n) is 9.46. The Labute approximate surface area is 178 Å². The first-order valence-corrected chi connectivity index (χ1v) is 11.0. The molecule has 3 heterocycles. The minimum atomic E-state index is -0.791. The van der Waals surface area contributed by atoms with Gasteiger partial charge >= 0.3 is 6.09 Å². The fourth-order valence-corrected chi connectivity index (χ4v) is 5.73. The summed E-state index contributed by atoms with van der Waals surface area (Å²) in [7, 11) is 0. The molecule has 7 heteroatoms. The van der Waals surface area contributed by atoms with Crippen LogP contribution >= 0.6 is 11.6 Å². The number of benzene rings is 1. The van der Waals surface area contributed by atoms with Crippen LogP contribution < -0.4 is 4.90 Å². The third-order valence-corrected chi connectivity index (χ3v) is 7.49. The van der Waals surface area contributed by atoms with Crippen LogP contribution in [0.1, 0.15) is 38.7 Å². The van der Waals surface area contributed by atoms with Crippen LogP contribution in [0.4, 0.5) is 10.5 Å². The van der Waals surface area contributed by atoms with Gasteiger partial charge in [0, 0.05) is 44.8 Å². The van der Waals surface area contributed by atoms with Gasteiger partial charge in [0.05, 0.1) is 23.9 Å². The molecule has 3 saturated heterocycles. The summed E-state index contributed by atoms with van der Waals surface area (Å²) in [5.74, 6) is 0. The third kappa shape index (κ3) is 4.21. The molecular formula is C22H32ClN3O3. The van der Waals surface area contributed by atoms with Gasteiger partial charge in [-0.3, -0.25) is 4.90 Å². The first-order chi connectivity index (χ1) is 13.8. The summed E-state index contributed by atoms with van der Waals surface area (Å²) >= 11 is 6.86. The number of halogens is 1. The summed E-state index contributed by atoms with van der Waals surface area (Å²) in [5.41, 5.74) is 2.56. The molecule has 1 aromatic rings. The van der Waals surface area contributed by atoms with Gasteiger partial charge in [0.15, 0.2) is 0 Å². The van der Waals surface area contributed by atoms with Crippen LogP contribution in [0.5, 0.6) is 0 Å². The Morgan fingerprint density at radius 3 is 2.52 bits per heavy atom. The van der Waals surface area contributed by atoms with Crippen molar-refractivity contribution < 1.29 is 14.6 Å². The minimum Gasteiger partial charge on any atom is -0.465 e. The lowest BCUT2D eigenvalue weighted by Crippen LogP contribution is -2.43. The maximum Gasteiger partial charge on any atom is 0.407 e. The summed E-state index contributed by atoms with van der Waals surface area (Å²) in [6.07, 6.45) is 2.20. The smallest absolute Gasteiger partial charge is 0.407 e. The monoisotopic (exact) mass is 421 g/mol. The second-order valence-corrected chi connectivity index (χ2v) is 9.84. The van der Waals surface area contributed by atoms with Crippen LogP contribution in [-0.4, -0.2) is 72.5 Å². The molecule has 0 aromatic heterocycles. The highest BCUT2D eigenvalue weighted by atomic mass is 35.5. The van der Waals surface area contributed by atoms with E-state index < -0.39 is 6.09 Å². The molecule has 1 N–H and O–H groups in total. The summed E-state index contributed by atoms with van der Waals surface area (Å²) in [6.45, 7) is 11.0. The first kappa shape index (κ1) is 20.8. The van der Waals surface area contributed by atoms with Crippen molar-refractivity contribution in [1.82, 2.24) is 9.80 Å². The van der Waals surface area contributed by atoms with Crippen molar-refractivity contribution in [3.8, 4) is 0 Å². The lowest BCUT2D eigenvalue weighted by molar-refractivity contribution is 0.0914. The molecule has 0 aliphatic carbocycles. The van der Waals surface area contributed by atoms with E-state index in [9.17, 15) is 9.90 Å². The van der Waals surface area contributed by atoms with Gasteiger partial charge in [0.1, 0.15) is 0 Å². The molecule has 3 fully saturated rings. The van der Waals surface area contributed by atoms with Crippen LogP contribution in [0.2, 0.25) is 5.02 Å². The second kappa shape index (κ2) is 7.97. The average molecular weight is 422 g/mol. The number of carbonyl (C=O) groups is 1. The zero-order chi connectivity index (χ0) is 20.6. The van der Waals surface area contributed by atoms with Crippen LogP contribution in [0.15, 0.2) is 18.2 Å². The molecule has 1 amide bonds. The summed E-state index contributed by atoms with van der Waals surface area (Å²) in [5, 5.41) is 10.1. The molecule has 0 saturated carbocycles. The van der Waals surface area contributed by atoms with E-state index in [1.807, 2.05) is 0 Å². The van der Waals surface area contributed by atoms with Gasteiger partial charge in [-0.1, -0.05) is 23.7 Å². The van der Waals surface area contributed by atoms with Crippen LogP contribution in [0, 0.1) is 5.41 Å². The number of nitrogens with zero attached hydrogens (tertiary/aromatic N) is 3. The van der Waals surface area contributed by atoms with Gasteiger partial charge in [-0.2, -0.15) is 0 Å². The van der Waals surface area contributed by atoms with Crippen molar-refractivity contribution in [2.75, 3.05) is 50.8 Å². The van der Waals surface area contributed by atoms with Crippen molar-refractivity contribution in [3.63, 3.8) is 0 Å². The third-order valence-electron chi connectivity index (χ3n) is 7.06. The van der Waals surface area contributed by atoms with Gasteiger partial charge < -0.3 is 19.6 Å². The van der Waals surface area contributed by atoms with E-state index in [0.29, 0.717) is 13.1 Å². The minimum absolute atomic E-state index is 0.0731. The highest BCUT2D eigenvalue weighted by Gasteiger charge is 2.49. The van der Waals surface area contributed by atoms with Crippen molar-refractivity contribution in [1.29, 1.82) is 0 Å². The van der Waals surface area contributed by atoms with E-state index in [-0.39, 0.29) is 11.0 Å². The number of hydrogen-bond acceptors (Lipinski definition) is 4. The number of piperidine rings is 1. The predicted octanol–water partition coefficient (Wildman–Crippen LogP) is 3.92. The van der Waals surface area contributed by atoms with Crippen molar-refractivity contribution >= 4 is 23.4 Å². The maximum absolute atomic E-state index is 11.3. The topological polar surface area (TPSA) is 56.3 Å². The highest BCUT2D eigenvalue weighted by molar-refractivity contribution is 6.34. The van der Waals surface area contributed by atoms with E-state index in [2.05, 4.69) is 41.8 Å². The molecular weight excluding hydrogens is 390 g/mol. The Hall–Kier alpha value is -1.50. The lowest BCUT2D eigenvalue weighted by Gasteiger charge is -2.38. The SMILES string of the molecule is CC1(C)CC2(CCN(C(=O)O)CC2)CN1Cc1cccc(N2CCOCC2)c1Cl. The number of morpholine rings is 1. The fourth-order valence-electron chi connectivity index (χ4n) is 5.42. The zero-order valence-corrected chi connectivity index (χ0v) is 18.2. The molecule has 0 radical (unpaired) electrons. The van der Waals surface area contributed by atoms with Gasteiger partial charge in [-0.15, -0.1) is 0 Å². The number of likely N-dealkylation sites (tertiary alicyclic amines) is 2. The Kier molecular flexibility index (Phi) is 5.70. The Morgan fingerprint density at radius 2 is 1.86 bits per heavy atom. The van der Waals surface area contributed by atoms with Crippen molar-refractivity contribution in [2.45, 2.75) is 45.2 Å². The molecule has 1 spiro atoms. The predicted molar refractivity (Wildman–Crippen MR) is 115 cm³/mol. The van der Waals surface area contributed by atoms with Gasteiger partial charge in [0.2, 0.25) is 0 Å². The zero-order valence-electron chi connectivity index (χ0n) is 17.5. The number of ether oxygens (including phenoxy) is 1. The highest BCUT2D eigenvalue weighted by Crippen LogP contribution is 2.48. The van der Waals surface area contributed by atoms with Crippen LogP contribution in [-0.2, 0) is 11.3 Å². The molecule has 29 heavy (non-hydrogen) atoms. The number of amides is 1. The fraction of sp³-hybridized carbons (Fsp3) is 0.682. The lowest BCUT2D eigenvalue weighted by atomic mass is 9.74. The van der Waals surface area contributed by atoms with Crippen molar-refractivity contribution in [3.05, 3.63) is 28.8 Å². The van der Waals surface area contributed by atoms with Gasteiger partial charge in [-0.25, -0.2) is 4.79 Å². The number of rotatable bonds is 3. The molecule has 0 unspecified atom stereocenters. The van der Waals surface area contributed by atoms with E-state index in [4.69, 9.17) is 16.3 Å². The molecule has 4 rings (SSSR count). The van der Waals surface area contributed by atoms with Crippen LogP contribution in [0.3, 0.4) is 0 Å². The normalized spacial score (nSPS) is 24.2. The summed E-state index contributed by atoms with van der Waals surface area (Å²) < 4.78 is 5.48. The van der Waals surface area contributed by atoms with E-state index in [1.54, 1.807) is 4.90 Å². The largest absolute Gasteiger partial charge is 0.465 e. The molecule has 1 aromatic carbocycles. The summed E-state index contributed by atoms with van der Waals surface area (Å²) in [6, 6.07) is 6.35. The van der Waals surface area contributed by atoms with Gasteiger partial charge in [-0.05, 0) is 50.2 Å². The molecule has 6 nitrogen and oxygen atoms in total. The average Bonchev–Trinajstić information content (AvgIpc) is 2.93. The summed E-state index contributed by atoms with van der Waals surface area (Å²) in [4.78, 5) is 17.7. The van der Waals surface area contributed by atoms with Gasteiger partial charge in [0.25, 0.3) is 0 Å². The Balaban J connectivity index is 1.49. The molecule has 3 aliphatic rings. The van der Waals surface area contributed by atoms with Crippen molar-refractivity contribution in [2.24, 2.45) is 5.41 Å².